The van der Waals surface area contributed by atoms with Gasteiger partial charge < -0.3 is 5.73 Å². The van der Waals surface area contributed by atoms with Crippen LogP contribution in [0.25, 0.3) is 0 Å². The predicted octanol–water partition coefficient (Wildman–Crippen LogP) is 2.94. The number of rotatable bonds is 3. The summed E-state index contributed by atoms with van der Waals surface area (Å²) in [6, 6.07) is 0. The lowest BCUT2D eigenvalue weighted by molar-refractivity contribution is 0.307. The van der Waals surface area contributed by atoms with E-state index in [0.717, 1.165) is 12.5 Å². The normalized spacial score (nSPS) is 16.6. The summed E-state index contributed by atoms with van der Waals surface area (Å²) in [5.41, 5.74) is 5.14. The Labute approximate surface area is 71.4 Å². The number of unbranched alkanes of at least 4 members (excludes halogenated alkanes) is 1. The van der Waals surface area contributed by atoms with Gasteiger partial charge in [-0.15, -0.1) is 0 Å². The summed E-state index contributed by atoms with van der Waals surface area (Å²) in [4.78, 5) is 0. The van der Waals surface area contributed by atoms with E-state index in [2.05, 4.69) is 13.8 Å². The van der Waals surface area contributed by atoms with E-state index in [1.807, 2.05) is 0 Å². The van der Waals surface area contributed by atoms with Crippen molar-refractivity contribution in [2.24, 2.45) is 11.7 Å². The molecule has 1 aliphatic carbocycles. The standard InChI is InChI=1S/C6H12.C4H11N/c1-2-6-4-3-5-6;1-2-3-4-5/h6H,2-5H2,1H3;2-5H2,1H3. The van der Waals surface area contributed by atoms with Crippen LogP contribution in [0.5, 0.6) is 0 Å². The molecule has 68 valence electrons. The molecular weight excluding hydrogens is 134 g/mol. The van der Waals surface area contributed by atoms with Crippen molar-refractivity contribution in [2.75, 3.05) is 6.54 Å². The minimum absolute atomic E-state index is 0.844. The maximum Gasteiger partial charge on any atom is -0.00774 e. The van der Waals surface area contributed by atoms with E-state index in [4.69, 9.17) is 5.73 Å². The van der Waals surface area contributed by atoms with Gasteiger partial charge in [0.25, 0.3) is 0 Å². The van der Waals surface area contributed by atoms with Crippen LogP contribution in [-0.2, 0) is 0 Å². The summed E-state index contributed by atoms with van der Waals surface area (Å²) in [7, 11) is 0. The molecule has 2 N–H and O–H groups in total. The van der Waals surface area contributed by atoms with Gasteiger partial charge in [-0.2, -0.15) is 0 Å². The van der Waals surface area contributed by atoms with Gasteiger partial charge >= 0.3 is 0 Å². The molecule has 0 aromatic carbocycles. The number of nitrogens with two attached hydrogens (primary N) is 1. The van der Waals surface area contributed by atoms with Crippen LogP contribution >= 0.6 is 0 Å². The van der Waals surface area contributed by atoms with Crippen LogP contribution < -0.4 is 5.73 Å². The topological polar surface area (TPSA) is 26.0 Å². The molecule has 1 saturated carbocycles. The molecule has 1 aliphatic rings. The van der Waals surface area contributed by atoms with Crippen molar-refractivity contribution < 1.29 is 0 Å². The predicted molar refractivity (Wildman–Crippen MR) is 51.6 cm³/mol. The number of hydrogen-bond donors (Lipinski definition) is 1. The summed E-state index contributed by atoms with van der Waals surface area (Å²) in [6.45, 7) is 5.26. The first-order valence-electron chi connectivity index (χ1n) is 5.05. The van der Waals surface area contributed by atoms with E-state index < -0.39 is 0 Å². The van der Waals surface area contributed by atoms with Crippen molar-refractivity contribution in [1.29, 1.82) is 0 Å². The Balaban J connectivity index is 0.000000187. The van der Waals surface area contributed by atoms with Crippen molar-refractivity contribution in [1.82, 2.24) is 0 Å². The Hall–Kier alpha value is -0.0400. The molecule has 0 saturated heterocycles. The quantitative estimate of drug-likeness (QED) is 0.669. The average Bonchev–Trinajstić information content (AvgIpc) is 1.88. The highest BCUT2D eigenvalue weighted by Gasteiger charge is 2.13. The third-order valence-electron chi connectivity index (χ3n) is 2.36. The van der Waals surface area contributed by atoms with Crippen LogP contribution in [0.1, 0.15) is 52.4 Å². The van der Waals surface area contributed by atoms with Gasteiger partial charge in [-0.05, 0) is 18.9 Å². The molecule has 0 aromatic heterocycles. The van der Waals surface area contributed by atoms with E-state index in [9.17, 15) is 0 Å². The Bertz CT molecular complexity index is 62.5. The third kappa shape index (κ3) is 6.36. The first-order chi connectivity index (χ1) is 5.35. The highest BCUT2D eigenvalue weighted by Crippen LogP contribution is 2.28. The molecule has 11 heavy (non-hydrogen) atoms. The van der Waals surface area contributed by atoms with Gasteiger partial charge in [0.15, 0.2) is 0 Å². The SMILES string of the molecule is CCC1CCC1.CCCCN. The van der Waals surface area contributed by atoms with Gasteiger partial charge in [0.05, 0.1) is 0 Å². The fourth-order valence-corrected chi connectivity index (χ4v) is 1.11. The molecule has 0 spiro atoms. The van der Waals surface area contributed by atoms with Gasteiger partial charge in [0.2, 0.25) is 0 Å². The average molecular weight is 157 g/mol. The highest BCUT2D eigenvalue weighted by atomic mass is 14.5. The molecule has 0 atom stereocenters. The van der Waals surface area contributed by atoms with Crippen molar-refractivity contribution in [3.8, 4) is 0 Å². The molecular formula is C10H23N. The van der Waals surface area contributed by atoms with Crippen LogP contribution in [0.3, 0.4) is 0 Å². The summed E-state index contributed by atoms with van der Waals surface area (Å²) >= 11 is 0. The Morgan fingerprint density at radius 3 is 1.91 bits per heavy atom. The van der Waals surface area contributed by atoms with Gasteiger partial charge in [-0.3, -0.25) is 0 Å². The van der Waals surface area contributed by atoms with E-state index >= 15 is 0 Å². The van der Waals surface area contributed by atoms with Crippen LogP contribution in [0.4, 0.5) is 0 Å². The van der Waals surface area contributed by atoms with E-state index in [0.29, 0.717) is 0 Å². The zero-order chi connectivity index (χ0) is 8.53. The van der Waals surface area contributed by atoms with Gasteiger partial charge in [-0.25, -0.2) is 0 Å². The molecule has 0 heterocycles. The zero-order valence-corrected chi connectivity index (χ0v) is 8.10. The molecule has 0 bridgehead atoms. The summed E-state index contributed by atoms with van der Waals surface area (Å²) < 4.78 is 0. The van der Waals surface area contributed by atoms with Crippen molar-refractivity contribution in [3.63, 3.8) is 0 Å². The lowest BCUT2D eigenvalue weighted by Gasteiger charge is -2.22. The van der Waals surface area contributed by atoms with Gasteiger partial charge in [-0.1, -0.05) is 46.0 Å². The maximum atomic E-state index is 5.14. The monoisotopic (exact) mass is 157 g/mol. The third-order valence-corrected chi connectivity index (χ3v) is 2.36. The molecule has 1 heteroatoms. The van der Waals surface area contributed by atoms with Crippen LogP contribution in [0.15, 0.2) is 0 Å². The summed E-state index contributed by atoms with van der Waals surface area (Å²) in [6.07, 6.45) is 8.32. The van der Waals surface area contributed by atoms with E-state index in [1.165, 1.54) is 38.5 Å². The first kappa shape index (κ1) is 11.0. The van der Waals surface area contributed by atoms with Crippen LogP contribution in [0.2, 0.25) is 0 Å². The largest absolute Gasteiger partial charge is 0.330 e. The molecule has 0 amide bonds. The molecule has 0 aromatic rings. The minimum Gasteiger partial charge on any atom is -0.330 e. The number of hydrogen-bond acceptors (Lipinski definition) is 1. The molecule has 0 unspecified atom stereocenters. The van der Waals surface area contributed by atoms with Crippen molar-refractivity contribution in [3.05, 3.63) is 0 Å². The first-order valence-corrected chi connectivity index (χ1v) is 5.05. The van der Waals surface area contributed by atoms with Crippen molar-refractivity contribution >= 4 is 0 Å². The second kappa shape index (κ2) is 8.06. The van der Waals surface area contributed by atoms with Crippen LogP contribution in [0, 0.1) is 5.92 Å². The minimum atomic E-state index is 0.844. The Morgan fingerprint density at radius 2 is 1.91 bits per heavy atom. The molecule has 1 rings (SSSR count). The fraction of sp³-hybridized carbons (Fsp3) is 1.00. The zero-order valence-electron chi connectivity index (χ0n) is 8.10. The second-order valence-electron chi connectivity index (χ2n) is 3.35. The van der Waals surface area contributed by atoms with Crippen molar-refractivity contribution in [2.45, 2.75) is 52.4 Å². The highest BCUT2D eigenvalue weighted by molar-refractivity contribution is 4.66. The Kier molecular flexibility index (Phi) is 8.03. The Morgan fingerprint density at radius 1 is 1.27 bits per heavy atom. The van der Waals surface area contributed by atoms with Crippen LogP contribution in [-0.4, -0.2) is 6.54 Å². The molecule has 1 fully saturated rings. The second-order valence-corrected chi connectivity index (χ2v) is 3.35. The van der Waals surface area contributed by atoms with E-state index in [-0.39, 0.29) is 0 Å². The maximum absolute atomic E-state index is 5.14. The lowest BCUT2D eigenvalue weighted by Crippen LogP contribution is -2.08. The van der Waals surface area contributed by atoms with E-state index in [1.54, 1.807) is 0 Å². The lowest BCUT2D eigenvalue weighted by atomic mass is 9.84. The summed E-state index contributed by atoms with van der Waals surface area (Å²) in [5.74, 6) is 1.12. The fourth-order valence-electron chi connectivity index (χ4n) is 1.11. The van der Waals surface area contributed by atoms with Gasteiger partial charge in [0, 0.05) is 0 Å². The molecule has 0 aliphatic heterocycles. The van der Waals surface area contributed by atoms with Gasteiger partial charge in [0.1, 0.15) is 0 Å². The smallest absolute Gasteiger partial charge is 0.00774 e. The molecule has 0 radical (unpaired) electrons. The summed E-state index contributed by atoms with van der Waals surface area (Å²) in [5, 5.41) is 0. The molecule has 1 nitrogen and oxygen atoms in total.